The molecule has 0 radical (unpaired) electrons. The Hall–Kier alpha value is -0.520. The van der Waals surface area contributed by atoms with Gasteiger partial charge in [0.05, 0.1) is 0 Å². The van der Waals surface area contributed by atoms with Crippen molar-refractivity contribution in [2.45, 2.75) is 39.0 Å². The first kappa shape index (κ1) is 8.10. The lowest BCUT2D eigenvalue weighted by atomic mass is 9.80. The summed E-state index contributed by atoms with van der Waals surface area (Å²) in [6.07, 6.45) is 11.3. The fourth-order valence-electron chi connectivity index (χ4n) is 2.85. The van der Waals surface area contributed by atoms with Gasteiger partial charge in [0.2, 0.25) is 0 Å². The Bertz CT molecular complexity index is 224. The van der Waals surface area contributed by atoms with Gasteiger partial charge in [0.25, 0.3) is 0 Å². The van der Waals surface area contributed by atoms with Crippen molar-refractivity contribution < 1.29 is 0 Å². The monoisotopic (exact) mass is 162 g/mol. The van der Waals surface area contributed by atoms with Crippen molar-refractivity contribution in [2.75, 3.05) is 0 Å². The van der Waals surface area contributed by atoms with E-state index in [0.29, 0.717) is 5.41 Å². The topological polar surface area (TPSA) is 0 Å². The Morgan fingerprint density at radius 3 is 3.08 bits per heavy atom. The molecule has 2 aliphatic rings. The van der Waals surface area contributed by atoms with Gasteiger partial charge in [-0.1, -0.05) is 24.6 Å². The molecule has 0 amide bonds. The van der Waals surface area contributed by atoms with Gasteiger partial charge in [-0.2, -0.15) is 0 Å². The van der Waals surface area contributed by atoms with Gasteiger partial charge in [0.1, 0.15) is 0 Å². The molecule has 1 saturated carbocycles. The van der Waals surface area contributed by atoms with Crippen LogP contribution in [0, 0.1) is 11.3 Å². The van der Waals surface area contributed by atoms with E-state index in [-0.39, 0.29) is 0 Å². The van der Waals surface area contributed by atoms with Crippen LogP contribution >= 0.6 is 0 Å². The van der Waals surface area contributed by atoms with Crippen molar-refractivity contribution in [2.24, 2.45) is 11.3 Å². The van der Waals surface area contributed by atoms with Crippen molar-refractivity contribution >= 4 is 0 Å². The number of allylic oxidation sites excluding steroid dienone is 3. The molecule has 1 fully saturated rings. The fourth-order valence-corrected chi connectivity index (χ4v) is 2.85. The Morgan fingerprint density at radius 2 is 2.58 bits per heavy atom. The summed E-state index contributed by atoms with van der Waals surface area (Å²) in [5.74, 6) is 0.926. The van der Waals surface area contributed by atoms with Gasteiger partial charge in [0.15, 0.2) is 0 Å². The van der Waals surface area contributed by atoms with E-state index in [0.717, 1.165) is 12.3 Å². The van der Waals surface area contributed by atoms with Gasteiger partial charge in [-0.05, 0) is 43.4 Å². The maximum absolute atomic E-state index is 3.78. The summed E-state index contributed by atoms with van der Waals surface area (Å²) >= 11 is 0. The van der Waals surface area contributed by atoms with Gasteiger partial charge in [-0.15, -0.1) is 6.58 Å². The summed E-state index contributed by atoms with van der Waals surface area (Å²) < 4.78 is 0. The molecule has 0 aromatic heterocycles. The standard InChI is InChI=1S/C12H18/c1-3-4-5-11-8-10-6-7-12(11,2)9-10/h3,8,10H,1,4-7,9H2,2H3. The summed E-state index contributed by atoms with van der Waals surface area (Å²) in [6.45, 7) is 6.22. The molecule has 0 heterocycles. The van der Waals surface area contributed by atoms with Gasteiger partial charge in [-0.25, -0.2) is 0 Å². The highest BCUT2D eigenvalue weighted by molar-refractivity contribution is 5.25. The summed E-state index contributed by atoms with van der Waals surface area (Å²) in [7, 11) is 0. The second-order valence-electron chi connectivity index (χ2n) is 4.58. The van der Waals surface area contributed by atoms with E-state index < -0.39 is 0 Å². The molecule has 0 nitrogen and oxygen atoms in total. The highest BCUT2D eigenvalue weighted by Gasteiger charge is 2.41. The number of hydrogen-bond donors (Lipinski definition) is 0. The van der Waals surface area contributed by atoms with E-state index in [2.05, 4.69) is 19.6 Å². The van der Waals surface area contributed by atoms with Crippen LogP contribution < -0.4 is 0 Å². The molecule has 0 heteroatoms. The number of rotatable bonds is 3. The SMILES string of the molecule is C=CCCC1=CC2CCC1(C)C2. The van der Waals surface area contributed by atoms with Crippen LogP contribution in [0.1, 0.15) is 39.0 Å². The first-order valence-electron chi connectivity index (χ1n) is 5.07. The fraction of sp³-hybridized carbons (Fsp3) is 0.667. The smallest absolute Gasteiger partial charge is 0.0110 e. The molecule has 2 aliphatic carbocycles. The zero-order valence-electron chi connectivity index (χ0n) is 7.97. The van der Waals surface area contributed by atoms with Crippen LogP contribution in [0.4, 0.5) is 0 Å². The highest BCUT2D eigenvalue weighted by atomic mass is 14.5. The van der Waals surface area contributed by atoms with Gasteiger partial charge < -0.3 is 0 Å². The lowest BCUT2D eigenvalue weighted by Gasteiger charge is -2.25. The van der Waals surface area contributed by atoms with Crippen LogP contribution in [0.2, 0.25) is 0 Å². The Labute approximate surface area is 75.4 Å². The highest BCUT2D eigenvalue weighted by Crippen LogP contribution is 2.54. The lowest BCUT2D eigenvalue weighted by molar-refractivity contribution is 0.411. The maximum Gasteiger partial charge on any atom is -0.0110 e. The molecule has 0 aromatic carbocycles. The normalized spacial score (nSPS) is 38.4. The lowest BCUT2D eigenvalue weighted by Crippen LogP contribution is -2.12. The van der Waals surface area contributed by atoms with Crippen molar-refractivity contribution in [1.82, 2.24) is 0 Å². The van der Waals surface area contributed by atoms with Crippen LogP contribution in [0.25, 0.3) is 0 Å². The predicted molar refractivity (Wildman–Crippen MR) is 53.0 cm³/mol. The van der Waals surface area contributed by atoms with Gasteiger partial charge in [0, 0.05) is 0 Å². The molecule has 12 heavy (non-hydrogen) atoms. The predicted octanol–water partition coefficient (Wildman–Crippen LogP) is 3.70. The molecule has 2 rings (SSSR count). The van der Waals surface area contributed by atoms with E-state index in [4.69, 9.17) is 0 Å². The zero-order valence-corrected chi connectivity index (χ0v) is 7.97. The third-order valence-corrected chi connectivity index (χ3v) is 3.61. The van der Waals surface area contributed by atoms with E-state index in [1.54, 1.807) is 5.57 Å². The van der Waals surface area contributed by atoms with Crippen molar-refractivity contribution in [1.29, 1.82) is 0 Å². The largest absolute Gasteiger partial charge is 0.103 e. The van der Waals surface area contributed by atoms with Crippen molar-refractivity contribution in [3.8, 4) is 0 Å². The molecule has 2 atom stereocenters. The third kappa shape index (κ3) is 1.14. The molecule has 0 aromatic rings. The van der Waals surface area contributed by atoms with E-state index in [1.165, 1.54) is 25.7 Å². The Morgan fingerprint density at radius 1 is 1.75 bits per heavy atom. The van der Waals surface area contributed by atoms with Crippen LogP contribution in [-0.4, -0.2) is 0 Å². The van der Waals surface area contributed by atoms with E-state index in [1.807, 2.05) is 6.08 Å². The minimum atomic E-state index is 0.591. The quantitative estimate of drug-likeness (QED) is 0.555. The first-order valence-corrected chi connectivity index (χ1v) is 5.07. The molecule has 66 valence electrons. The van der Waals surface area contributed by atoms with Gasteiger partial charge in [-0.3, -0.25) is 0 Å². The first-order chi connectivity index (χ1) is 5.74. The molecule has 2 bridgehead atoms. The van der Waals surface area contributed by atoms with Crippen molar-refractivity contribution in [3.63, 3.8) is 0 Å². The molecule has 0 aliphatic heterocycles. The summed E-state index contributed by atoms with van der Waals surface area (Å²) in [5, 5.41) is 0. The Kier molecular flexibility index (Phi) is 1.86. The summed E-state index contributed by atoms with van der Waals surface area (Å²) in [6, 6.07) is 0. The van der Waals surface area contributed by atoms with Gasteiger partial charge >= 0.3 is 0 Å². The minimum Gasteiger partial charge on any atom is -0.103 e. The molecule has 0 N–H and O–H groups in total. The Balaban J connectivity index is 2.06. The molecule has 0 saturated heterocycles. The third-order valence-electron chi connectivity index (χ3n) is 3.61. The van der Waals surface area contributed by atoms with E-state index in [9.17, 15) is 0 Å². The minimum absolute atomic E-state index is 0.591. The maximum atomic E-state index is 3.78. The zero-order chi connectivity index (χ0) is 8.60. The average Bonchev–Trinajstić information content (AvgIpc) is 2.55. The van der Waals surface area contributed by atoms with Crippen LogP contribution in [0.5, 0.6) is 0 Å². The van der Waals surface area contributed by atoms with Crippen LogP contribution in [-0.2, 0) is 0 Å². The molecular weight excluding hydrogens is 144 g/mol. The molecule has 2 unspecified atom stereocenters. The number of fused-ring (bicyclic) bond motifs is 2. The molecule has 0 spiro atoms. The second-order valence-corrected chi connectivity index (χ2v) is 4.58. The van der Waals surface area contributed by atoms with Crippen LogP contribution in [0.3, 0.4) is 0 Å². The average molecular weight is 162 g/mol. The van der Waals surface area contributed by atoms with Crippen LogP contribution in [0.15, 0.2) is 24.3 Å². The van der Waals surface area contributed by atoms with Crippen molar-refractivity contribution in [3.05, 3.63) is 24.3 Å². The summed E-state index contributed by atoms with van der Waals surface area (Å²) in [5.41, 5.74) is 2.31. The second kappa shape index (κ2) is 2.76. The van der Waals surface area contributed by atoms with E-state index >= 15 is 0 Å². The number of hydrogen-bond acceptors (Lipinski definition) is 0. The molecular formula is C12H18. The summed E-state index contributed by atoms with van der Waals surface area (Å²) in [4.78, 5) is 0.